The number of rotatable bonds is 3. The molecule has 0 aliphatic carbocycles. The van der Waals surface area contributed by atoms with E-state index in [9.17, 15) is 9.59 Å². The number of hydrogen-bond donors (Lipinski definition) is 3. The maximum Gasteiger partial charge on any atom is 0.224 e. The fourth-order valence-electron chi connectivity index (χ4n) is 3.37. The predicted molar refractivity (Wildman–Crippen MR) is 151 cm³/mol. The number of aromatic nitrogens is 4. The van der Waals surface area contributed by atoms with Crippen molar-refractivity contribution >= 4 is 96.7 Å². The number of carbonyl (C=O) groups excluding carboxylic acids is 2. The SMILES string of the molecule is Cl.Clc1ncc(Br)c(Cl)n1.NC(=O)C1CCN(c2nc(Cl)ncc2Br)CC1.NC(=O)C1CCNCC1. The van der Waals surface area contributed by atoms with E-state index in [4.69, 9.17) is 46.3 Å². The van der Waals surface area contributed by atoms with E-state index in [1.165, 1.54) is 6.20 Å². The Morgan fingerprint density at radius 3 is 1.78 bits per heavy atom. The summed E-state index contributed by atoms with van der Waals surface area (Å²) in [6.45, 7) is 3.38. The van der Waals surface area contributed by atoms with Crippen LogP contribution in [0, 0.1) is 11.8 Å². The second-order valence-electron chi connectivity index (χ2n) is 7.68. The van der Waals surface area contributed by atoms with Crippen LogP contribution in [0.15, 0.2) is 21.3 Å². The summed E-state index contributed by atoms with van der Waals surface area (Å²) in [4.78, 5) is 39.1. The Kier molecular flexibility index (Phi) is 15.4. The molecule has 36 heavy (non-hydrogen) atoms. The Labute approximate surface area is 247 Å². The van der Waals surface area contributed by atoms with Crippen LogP contribution < -0.4 is 21.7 Å². The molecule has 0 unspecified atom stereocenters. The molecular weight excluding hydrogens is 686 g/mol. The van der Waals surface area contributed by atoms with E-state index >= 15 is 0 Å². The van der Waals surface area contributed by atoms with Crippen molar-refractivity contribution in [3.05, 3.63) is 37.1 Å². The first kappa shape index (κ1) is 33.0. The average molecular weight is 712 g/mol. The summed E-state index contributed by atoms with van der Waals surface area (Å²) >= 11 is 23.2. The van der Waals surface area contributed by atoms with Gasteiger partial charge in [0.15, 0.2) is 0 Å². The first-order valence-corrected chi connectivity index (χ1v) is 13.4. The summed E-state index contributed by atoms with van der Waals surface area (Å²) in [5, 5.41) is 3.87. The van der Waals surface area contributed by atoms with Crippen LogP contribution in [0.1, 0.15) is 25.7 Å². The van der Waals surface area contributed by atoms with Gasteiger partial charge < -0.3 is 21.7 Å². The van der Waals surface area contributed by atoms with Crippen molar-refractivity contribution in [1.29, 1.82) is 0 Å². The average Bonchev–Trinajstić information content (AvgIpc) is 2.84. The van der Waals surface area contributed by atoms with Crippen molar-refractivity contribution in [2.24, 2.45) is 23.3 Å². The van der Waals surface area contributed by atoms with Gasteiger partial charge in [-0.3, -0.25) is 9.59 Å². The lowest BCUT2D eigenvalue weighted by atomic mass is 9.96. The summed E-state index contributed by atoms with van der Waals surface area (Å²) in [5.41, 5.74) is 10.4. The number of piperidine rings is 2. The number of primary amides is 2. The predicted octanol–water partition coefficient (Wildman–Crippen LogP) is 4.03. The van der Waals surface area contributed by atoms with Crippen LogP contribution in [0.3, 0.4) is 0 Å². The highest BCUT2D eigenvalue weighted by atomic mass is 79.9. The van der Waals surface area contributed by atoms with Crippen molar-refractivity contribution in [3.63, 3.8) is 0 Å². The Morgan fingerprint density at radius 2 is 1.33 bits per heavy atom. The molecule has 0 aromatic carbocycles. The minimum absolute atomic E-state index is 0. The monoisotopic (exact) mass is 708 g/mol. The summed E-state index contributed by atoms with van der Waals surface area (Å²) in [6.07, 6.45) is 6.46. The number of nitrogens with two attached hydrogens (primary N) is 2. The van der Waals surface area contributed by atoms with Gasteiger partial charge in [0, 0.05) is 37.3 Å². The molecule has 2 amide bonds. The molecule has 0 atom stereocenters. The quantitative estimate of drug-likeness (QED) is 0.319. The molecule has 0 spiro atoms. The summed E-state index contributed by atoms with van der Waals surface area (Å²) in [5.74, 6) is 0.516. The van der Waals surface area contributed by atoms with Crippen molar-refractivity contribution < 1.29 is 9.59 Å². The van der Waals surface area contributed by atoms with E-state index in [1.807, 2.05) is 0 Å². The number of anilines is 1. The molecule has 2 aliphatic heterocycles. The van der Waals surface area contributed by atoms with Crippen LogP contribution in [0.5, 0.6) is 0 Å². The van der Waals surface area contributed by atoms with Gasteiger partial charge in [0.2, 0.25) is 22.4 Å². The third kappa shape index (κ3) is 11.2. The van der Waals surface area contributed by atoms with Crippen molar-refractivity contribution in [2.45, 2.75) is 25.7 Å². The zero-order valence-electron chi connectivity index (χ0n) is 19.0. The summed E-state index contributed by atoms with van der Waals surface area (Å²) in [6, 6.07) is 0. The fourth-order valence-corrected chi connectivity index (χ4v) is 4.43. The van der Waals surface area contributed by atoms with Crippen molar-refractivity contribution in [2.75, 3.05) is 31.1 Å². The van der Waals surface area contributed by atoms with Crippen LogP contribution in [0.25, 0.3) is 0 Å². The van der Waals surface area contributed by atoms with E-state index in [2.05, 4.69) is 62.0 Å². The molecule has 2 aromatic heterocycles. The van der Waals surface area contributed by atoms with Gasteiger partial charge >= 0.3 is 0 Å². The lowest BCUT2D eigenvalue weighted by Gasteiger charge is -2.31. The molecule has 4 rings (SSSR count). The molecule has 200 valence electrons. The van der Waals surface area contributed by atoms with Gasteiger partial charge in [-0.1, -0.05) is 11.6 Å². The Morgan fingerprint density at radius 1 is 0.861 bits per heavy atom. The van der Waals surface area contributed by atoms with Gasteiger partial charge in [0.1, 0.15) is 11.0 Å². The molecule has 5 N–H and O–H groups in total. The summed E-state index contributed by atoms with van der Waals surface area (Å²) < 4.78 is 1.45. The number of amides is 2. The maximum absolute atomic E-state index is 11.1. The Balaban J connectivity index is 0.000000291. The molecule has 2 saturated heterocycles. The third-order valence-corrected chi connectivity index (χ3v) is 7.33. The first-order valence-electron chi connectivity index (χ1n) is 10.6. The van der Waals surface area contributed by atoms with E-state index < -0.39 is 0 Å². The second-order valence-corrected chi connectivity index (χ2v) is 10.4. The van der Waals surface area contributed by atoms with E-state index in [1.54, 1.807) is 6.20 Å². The molecule has 4 heterocycles. The van der Waals surface area contributed by atoms with E-state index in [0.717, 1.165) is 62.2 Å². The van der Waals surface area contributed by atoms with Gasteiger partial charge in [-0.15, -0.1) is 12.4 Å². The molecule has 10 nitrogen and oxygen atoms in total. The van der Waals surface area contributed by atoms with Gasteiger partial charge in [-0.25, -0.2) is 15.0 Å². The smallest absolute Gasteiger partial charge is 0.224 e. The number of carbonyl (C=O) groups is 2. The molecule has 0 radical (unpaired) electrons. The van der Waals surface area contributed by atoms with Gasteiger partial charge in [-0.05, 0) is 93.8 Å². The molecular formula is C20H26Br2Cl4N8O2. The zero-order valence-corrected chi connectivity index (χ0v) is 25.2. The Hall–Kier alpha value is -1.02. The molecule has 0 saturated carbocycles. The van der Waals surface area contributed by atoms with Gasteiger partial charge in [0.25, 0.3) is 0 Å². The van der Waals surface area contributed by atoms with Crippen LogP contribution in [0.2, 0.25) is 15.7 Å². The second kappa shape index (κ2) is 16.7. The third-order valence-electron chi connectivity index (χ3n) is 5.31. The molecule has 16 heteroatoms. The molecule has 2 aliphatic rings. The first-order chi connectivity index (χ1) is 16.6. The highest BCUT2D eigenvalue weighted by Crippen LogP contribution is 2.28. The lowest BCUT2D eigenvalue weighted by molar-refractivity contribution is -0.123. The van der Waals surface area contributed by atoms with Crippen LogP contribution in [0.4, 0.5) is 5.82 Å². The zero-order chi connectivity index (χ0) is 26.0. The Bertz CT molecular complexity index is 1010. The van der Waals surface area contributed by atoms with Crippen LogP contribution in [-0.4, -0.2) is 57.9 Å². The molecule has 2 aromatic rings. The highest BCUT2D eigenvalue weighted by Gasteiger charge is 2.25. The number of hydrogen-bond acceptors (Lipinski definition) is 8. The largest absolute Gasteiger partial charge is 0.369 e. The fraction of sp³-hybridized carbons (Fsp3) is 0.500. The highest BCUT2D eigenvalue weighted by molar-refractivity contribution is 9.11. The molecule has 2 fully saturated rings. The maximum atomic E-state index is 11.1. The number of halogens is 6. The van der Waals surface area contributed by atoms with E-state index in [-0.39, 0.29) is 46.6 Å². The summed E-state index contributed by atoms with van der Waals surface area (Å²) in [7, 11) is 0. The number of nitrogens with zero attached hydrogens (tertiary/aromatic N) is 5. The van der Waals surface area contributed by atoms with Crippen LogP contribution in [-0.2, 0) is 9.59 Å². The van der Waals surface area contributed by atoms with Gasteiger partial charge in [0.05, 0.1) is 8.95 Å². The van der Waals surface area contributed by atoms with Gasteiger partial charge in [-0.2, -0.15) is 4.98 Å². The normalized spacial score (nSPS) is 16.0. The van der Waals surface area contributed by atoms with E-state index in [0.29, 0.717) is 9.63 Å². The minimum Gasteiger partial charge on any atom is -0.369 e. The molecule has 0 bridgehead atoms. The van der Waals surface area contributed by atoms with Crippen molar-refractivity contribution in [3.8, 4) is 0 Å². The van der Waals surface area contributed by atoms with Crippen molar-refractivity contribution in [1.82, 2.24) is 25.3 Å². The minimum atomic E-state index is -0.218. The standard InChI is InChI=1S/C10H12BrClN4O.C6H12N2O.C4HBrCl2N2.ClH/c11-7-5-14-10(12)15-9(7)16-3-1-6(2-4-16)8(13)17;7-6(9)5-1-3-8-4-2-5;5-2-1-8-4(7)9-3(2)6;/h5-6H,1-4H2,(H2,13,17);5,8H,1-4H2,(H2,7,9);1H;1H. The topological polar surface area (TPSA) is 153 Å². The number of nitrogens with one attached hydrogen (secondary N) is 1. The van der Waals surface area contributed by atoms with Crippen LogP contribution >= 0.6 is 79.1 Å². The lowest BCUT2D eigenvalue weighted by Crippen LogP contribution is -2.39.